The van der Waals surface area contributed by atoms with Crippen molar-refractivity contribution in [3.05, 3.63) is 70.5 Å². The lowest BCUT2D eigenvalue weighted by atomic mass is 9.68. The molecule has 0 aliphatic heterocycles. The van der Waals surface area contributed by atoms with E-state index in [-0.39, 0.29) is 52.0 Å². The number of aliphatic hydroxyl groups is 2. The predicted octanol–water partition coefficient (Wildman–Crippen LogP) is 3.96. The number of pyridine rings is 3. The Morgan fingerprint density at radius 3 is 2.74 bits per heavy atom. The van der Waals surface area contributed by atoms with Crippen LogP contribution >= 0.6 is 11.6 Å². The van der Waals surface area contributed by atoms with E-state index in [9.17, 15) is 19.4 Å². The molecule has 0 radical (unpaired) electrons. The van der Waals surface area contributed by atoms with E-state index in [4.69, 9.17) is 17.3 Å². The quantitative estimate of drug-likeness (QED) is 0.370. The molecule has 4 N–H and O–H groups in total. The third kappa shape index (κ3) is 4.66. The summed E-state index contributed by atoms with van der Waals surface area (Å²) in [7, 11) is 0. The van der Waals surface area contributed by atoms with Crippen LogP contribution < -0.4 is 5.73 Å². The van der Waals surface area contributed by atoms with Crippen LogP contribution in [0.15, 0.2) is 42.7 Å². The van der Waals surface area contributed by atoms with Crippen LogP contribution in [0.3, 0.4) is 0 Å². The first-order valence-electron chi connectivity index (χ1n) is 11.0. The molecule has 0 amide bonds. The lowest BCUT2D eigenvalue weighted by Crippen LogP contribution is -2.49. The van der Waals surface area contributed by atoms with Crippen LogP contribution in [0.1, 0.15) is 54.2 Å². The number of hydrogen-bond acceptors (Lipinski definition) is 7. The zero-order valence-corrected chi connectivity index (χ0v) is 19.6. The van der Waals surface area contributed by atoms with Crippen molar-refractivity contribution < 1.29 is 19.4 Å². The van der Waals surface area contributed by atoms with Gasteiger partial charge in [-0.3, -0.25) is 9.78 Å². The fourth-order valence-corrected chi connectivity index (χ4v) is 4.66. The molecule has 1 aliphatic carbocycles. The number of carbonyl (C=O) groups is 1. The number of carbonyl (C=O) groups excluding carboxylic acids is 1. The van der Waals surface area contributed by atoms with Crippen LogP contribution in [0.2, 0.25) is 5.15 Å². The summed E-state index contributed by atoms with van der Waals surface area (Å²) < 4.78 is 14.3. The molecule has 4 atom stereocenters. The smallest absolute Gasteiger partial charge is 0.187 e. The molecule has 3 aromatic heterocycles. The van der Waals surface area contributed by atoms with E-state index in [2.05, 4.69) is 15.0 Å². The second-order valence-electron chi connectivity index (χ2n) is 9.08. The van der Waals surface area contributed by atoms with Gasteiger partial charge >= 0.3 is 0 Å². The molecule has 1 saturated carbocycles. The molecule has 9 heteroatoms. The molecule has 3 aromatic rings. The van der Waals surface area contributed by atoms with Gasteiger partial charge in [0, 0.05) is 18.8 Å². The number of Topliss-reactive ketones (excluding diaryl/α,β-unsaturated/α-hetero) is 1. The van der Waals surface area contributed by atoms with Crippen LogP contribution in [0.25, 0.3) is 11.4 Å². The highest BCUT2D eigenvalue weighted by Gasteiger charge is 2.43. The third-order valence-corrected chi connectivity index (χ3v) is 7.01. The van der Waals surface area contributed by atoms with Gasteiger partial charge in [0.25, 0.3) is 0 Å². The van der Waals surface area contributed by atoms with Crippen LogP contribution in [0, 0.1) is 11.7 Å². The number of anilines is 1. The number of nitrogen functional groups attached to an aromatic ring is 1. The number of aromatic nitrogens is 3. The summed E-state index contributed by atoms with van der Waals surface area (Å²) in [6, 6.07) is 7.33. The van der Waals surface area contributed by atoms with Crippen LogP contribution in [-0.4, -0.2) is 42.7 Å². The van der Waals surface area contributed by atoms with E-state index in [0.29, 0.717) is 18.4 Å². The summed E-state index contributed by atoms with van der Waals surface area (Å²) in [5.41, 5.74) is 6.71. The Labute approximate surface area is 201 Å². The van der Waals surface area contributed by atoms with Gasteiger partial charge in [-0.2, -0.15) is 0 Å². The van der Waals surface area contributed by atoms with E-state index in [1.165, 1.54) is 24.3 Å². The highest BCUT2D eigenvalue weighted by molar-refractivity contribution is 6.29. The van der Waals surface area contributed by atoms with Crippen molar-refractivity contribution in [2.75, 3.05) is 5.73 Å². The van der Waals surface area contributed by atoms with Crippen molar-refractivity contribution in [1.29, 1.82) is 0 Å². The van der Waals surface area contributed by atoms with Crippen molar-refractivity contribution >= 4 is 23.1 Å². The Kier molecular flexibility index (Phi) is 6.66. The normalized spacial score (nSPS) is 24.7. The molecule has 0 unspecified atom stereocenters. The van der Waals surface area contributed by atoms with Crippen LogP contribution in [-0.2, 0) is 6.42 Å². The van der Waals surface area contributed by atoms with Crippen LogP contribution in [0.5, 0.6) is 0 Å². The number of nitrogens with two attached hydrogens (primary N) is 1. The Balaban J connectivity index is 1.63. The Hall–Kier alpha value is -2.94. The first-order valence-corrected chi connectivity index (χ1v) is 11.4. The molecule has 0 spiro atoms. The number of halogens is 2. The SMILES string of the molecule is C[C@H]1C[C@@H](c2ccncc2CC(=O)c2nc(-c3nc(Cl)ccc3F)ccc2N)C[C@@H](O)[C@]1(C)O. The molecule has 1 aliphatic rings. The average molecular weight is 485 g/mol. The Morgan fingerprint density at radius 1 is 1.24 bits per heavy atom. The first-order chi connectivity index (χ1) is 16.1. The van der Waals surface area contributed by atoms with Gasteiger partial charge in [0.05, 0.1) is 23.1 Å². The van der Waals surface area contributed by atoms with Gasteiger partial charge in [-0.1, -0.05) is 18.5 Å². The van der Waals surface area contributed by atoms with Crippen molar-refractivity contribution in [3.63, 3.8) is 0 Å². The molecule has 7 nitrogen and oxygen atoms in total. The second kappa shape index (κ2) is 9.37. The minimum atomic E-state index is -1.16. The maximum Gasteiger partial charge on any atom is 0.187 e. The molecule has 0 bridgehead atoms. The molecule has 178 valence electrons. The summed E-state index contributed by atoms with van der Waals surface area (Å²) in [4.78, 5) is 25.7. The molecule has 0 aromatic carbocycles. The Bertz CT molecular complexity index is 1220. The van der Waals surface area contributed by atoms with E-state index in [0.717, 1.165) is 5.56 Å². The average Bonchev–Trinajstić information content (AvgIpc) is 2.80. The Morgan fingerprint density at radius 2 is 2.00 bits per heavy atom. The van der Waals surface area contributed by atoms with E-state index in [1.807, 2.05) is 13.0 Å². The predicted molar refractivity (Wildman–Crippen MR) is 127 cm³/mol. The van der Waals surface area contributed by atoms with Crippen molar-refractivity contribution in [2.24, 2.45) is 5.92 Å². The van der Waals surface area contributed by atoms with E-state index < -0.39 is 17.5 Å². The standard InChI is InChI=1S/C25H26ClFN4O3/c1-13-9-14(11-21(33)25(13,2)34)16-7-8-29-12-15(16)10-20(32)24-18(28)4-5-19(30-24)23-17(27)3-6-22(26)31-23/h3-8,12-14,21,33-34H,9-11,28H2,1-2H3/t13-,14+,21+,25+/m0/s1. The monoisotopic (exact) mass is 484 g/mol. The molecule has 3 heterocycles. The number of ketones is 1. The van der Waals surface area contributed by atoms with Crippen LogP contribution in [0.4, 0.5) is 10.1 Å². The highest BCUT2D eigenvalue weighted by Crippen LogP contribution is 2.42. The first kappa shape index (κ1) is 24.2. The molecular weight excluding hydrogens is 459 g/mol. The largest absolute Gasteiger partial charge is 0.397 e. The van der Waals surface area contributed by atoms with Gasteiger partial charge < -0.3 is 15.9 Å². The summed E-state index contributed by atoms with van der Waals surface area (Å²) in [5, 5.41) is 21.2. The summed E-state index contributed by atoms with van der Waals surface area (Å²) in [5.74, 6) is -1.15. The van der Waals surface area contributed by atoms with E-state index >= 15 is 0 Å². The zero-order valence-electron chi connectivity index (χ0n) is 18.9. The number of aliphatic hydroxyl groups excluding tert-OH is 1. The van der Waals surface area contributed by atoms with Gasteiger partial charge in [-0.25, -0.2) is 14.4 Å². The van der Waals surface area contributed by atoms with Crippen molar-refractivity contribution in [1.82, 2.24) is 15.0 Å². The topological polar surface area (TPSA) is 122 Å². The van der Waals surface area contributed by atoms with Crippen molar-refractivity contribution in [3.8, 4) is 11.4 Å². The van der Waals surface area contributed by atoms with Gasteiger partial charge in [0.15, 0.2) is 11.6 Å². The number of hydrogen-bond donors (Lipinski definition) is 3. The molecule has 0 saturated heterocycles. The minimum absolute atomic E-state index is 0.00783. The lowest BCUT2D eigenvalue weighted by Gasteiger charge is -2.43. The summed E-state index contributed by atoms with van der Waals surface area (Å²) >= 11 is 5.90. The molecule has 1 fully saturated rings. The van der Waals surface area contributed by atoms with Gasteiger partial charge in [-0.05, 0) is 73.1 Å². The van der Waals surface area contributed by atoms with Gasteiger partial charge in [0.1, 0.15) is 16.5 Å². The molecular formula is C25H26ClFN4O3. The third-order valence-electron chi connectivity index (χ3n) is 6.80. The van der Waals surface area contributed by atoms with E-state index in [1.54, 1.807) is 19.3 Å². The molecule has 34 heavy (non-hydrogen) atoms. The lowest BCUT2D eigenvalue weighted by molar-refractivity contribution is -0.123. The molecule has 4 rings (SSSR count). The fraction of sp³-hybridized carbons (Fsp3) is 0.360. The fourth-order valence-electron chi connectivity index (χ4n) is 4.52. The zero-order chi connectivity index (χ0) is 24.6. The second-order valence-corrected chi connectivity index (χ2v) is 9.47. The van der Waals surface area contributed by atoms with Gasteiger partial charge in [-0.15, -0.1) is 0 Å². The highest BCUT2D eigenvalue weighted by atomic mass is 35.5. The van der Waals surface area contributed by atoms with Crippen molar-refractivity contribution in [2.45, 2.75) is 50.7 Å². The maximum atomic E-state index is 14.3. The number of nitrogens with zero attached hydrogens (tertiary/aromatic N) is 3. The number of rotatable bonds is 5. The summed E-state index contributed by atoms with van der Waals surface area (Å²) in [6.45, 7) is 3.55. The van der Waals surface area contributed by atoms with Gasteiger partial charge in [0.2, 0.25) is 0 Å². The minimum Gasteiger partial charge on any atom is -0.397 e. The summed E-state index contributed by atoms with van der Waals surface area (Å²) in [6.07, 6.45) is 3.39. The maximum absolute atomic E-state index is 14.3.